The van der Waals surface area contributed by atoms with E-state index in [4.69, 9.17) is 9.15 Å². The van der Waals surface area contributed by atoms with Gasteiger partial charge in [-0.2, -0.15) is 0 Å². The lowest BCUT2D eigenvalue weighted by atomic mass is 10.0. The van der Waals surface area contributed by atoms with Crippen molar-refractivity contribution in [3.8, 4) is 11.3 Å². The number of benzene rings is 1. The van der Waals surface area contributed by atoms with Crippen molar-refractivity contribution in [2.75, 3.05) is 13.1 Å². The molecule has 2 heterocycles. The summed E-state index contributed by atoms with van der Waals surface area (Å²) in [5.74, 6) is 0.764. The van der Waals surface area contributed by atoms with E-state index in [0.717, 1.165) is 44.1 Å². The van der Waals surface area contributed by atoms with Crippen LogP contribution in [0, 0.1) is 0 Å². The van der Waals surface area contributed by atoms with Crippen LogP contribution in [-0.2, 0) is 4.74 Å². The Balaban J connectivity index is 1.23. The molecule has 5 rings (SSSR count). The zero-order valence-corrected chi connectivity index (χ0v) is 17.3. The van der Waals surface area contributed by atoms with Crippen LogP contribution in [0.3, 0.4) is 0 Å². The molecule has 0 radical (unpaired) electrons. The summed E-state index contributed by atoms with van der Waals surface area (Å²) >= 11 is 0. The first-order valence-corrected chi connectivity index (χ1v) is 10.8. The van der Waals surface area contributed by atoms with E-state index >= 15 is 0 Å². The van der Waals surface area contributed by atoms with Crippen molar-refractivity contribution in [1.82, 2.24) is 14.8 Å². The maximum absolute atomic E-state index is 13.3. The second-order valence-electron chi connectivity index (χ2n) is 8.92. The Kier molecular flexibility index (Phi) is 4.76. The first-order valence-electron chi connectivity index (χ1n) is 10.8. The monoisotopic (exact) mass is 409 g/mol. The van der Waals surface area contributed by atoms with Gasteiger partial charge in [0.1, 0.15) is 5.60 Å². The number of hydrogen-bond donors (Lipinski definition) is 0. The largest absolute Gasteiger partial charge is 0.444 e. The fourth-order valence-electron chi connectivity index (χ4n) is 4.15. The zero-order chi connectivity index (χ0) is 20.7. The van der Waals surface area contributed by atoms with Crippen molar-refractivity contribution in [1.29, 1.82) is 0 Å². The molecule has 2 amide bonds. The topological polar surface area (TPSA) is 75.9 Å². The molecule has 7 heteroatoms. The number of amides is 2. The first kappa shape index (κ1) is 19.2. The lowest BCUT2D eigenvalue weighted by molar-refractivity contribution is 0.0372. The predicted octanol–water partition coefficient (Wildman–Crippen LogP) is 4.10. The molecule has 2 aromatic rings. The van der Waals surface area contributed by atoms with E-state index in [1.165, 1.54) is 6.39 Å². The molecule has 1 aliphatic heterocycles. The third kappa shape index (κ3) is 3.93. The fraction of sp³-hybridized carbons (Fsp3) is 0.522. The van der Waals surface area contributed by atoms with E-state index in [0.29, 0.717) is 30.5 Å². The number of aromatic nitrogens is 1. The highest BCUT2D eigenvalue weighted by atomic mass is 16.6. The minimum absolute atomic E-state index is 0.0770. The molecule has 158 valence electrons. The molecule has 1 aromatic heterocycles. The first-order chi connectivity index (χ1) is 14.5. The number of piperidine rings is 1. The maximum atomic E-state index is 13.3. The Morgan fingerprint density at radius 3 is 2.33 bits per heavy atom. The Bertz CT molecular complexity index is 908. The van der Waals surface area contributed by atoms with Gasteiger partial charge in [0.2, 0.25) is 0 Å². The van der Waals surface area contributed by atoms with Crippen LogP contribution in [0.5, 0.6) is 0 Å². The average Bonchev–Trinajstić information content (AvgIpc) is 3.67. The van der Waals surface area contributed by atoms with Crippen molar-refractivity contribution in [2.45, 2.75) is 63.1 Å². The van der Waals surface area contributed by atoms with Crippen LogP contribution >= 0.6 is 0 Å². The highest BCUT2D eigenvalue weighted by molar-refractivity contribution is 5.95. The molecular weight excluding hydrogens is 382 g/mol. The standard InChI is InChI=1S/C23H27N3O4/c1-23(10-11-23)30-22(28)25-12-8-19(9-13-25)26(18-6-7-18)21(27)17-4-2-16(3-5-17)20-14-24-15-29-20/h2-5,14-15,18-19H,6-13H2,1H3. The normalized spacial score (nSPS) is 20.6. The number of hydrogen-bond acceptors (Lipinski definition) is 5. The summed E-state index contributed by atoms with van der Waals surface area (Å²) < 4.78 is 10.9. The molecule has 2 saturated carbocycles. The molecule has 2 aliphatic carbocycles. The molecule has 0 unspecified atom stereocenters. The van der Waals surface area contributed by atoms with Crippen molar-refractivity contribution in [3.05, 3.63) is 42.4 Å². The summed E-state index contributed by atoms with van der Waals surface area (Å²) in [6, 6.07) is 8.00. The molecule has 0 spiro atoms. The van der Waals surface area contributed by atoms with Crippen LogP contribution in [0.25, 0.3) is 11.3 Å². The third-order valence-electron chi connectivity index (χ3n) is 6.43. The summed E-state index contributed by atoms with van der Waals surface area (Å²) in [6.07, 6.45) is 8.47. The van der Waals surface area contributed by atoms with Crippen LogP contribution in [0.2, 0.25) is 0 Å². The fourth-order valence-corrected chi connectivity index (χ4v) is 4.15. The molecule has 3 aliphatic rings. The predicted molar refractivity (Wildman–Crippen MR) is 110 cm³/mol. The van der Waals surface area contributed by atoms with Gasteiger partial charge in [-0.3, -0.25) is 4.79 Å². The van der Waals surface area contributed by atoms with Gasteiger partial charge in [-0.05, 0) is 57.6 Å². The minimum Gasteiger partial charge on any atom is -0.444 e. The molecule has 30 heavy (non-hydrogen) atoms. The van der Waals surface area contributed by atoms with Gasteiger partial charge in [0.05, 0.1) is 6.20 Å². The summed E-state index contributed by atoms with van der Waals surface area (Å²) in [5, 5.41) is 0. The maximum Gasteiger partial charge on any atom is 0.410 e. The van der Waals surface area contributed by atoms with Crippen molar-refractivity contribution in [2.24, 2.45) is 0 Å². The van der Waals surface area contributed by atoms with Gasteiger partial charge in [-0.1, -0.05) is 12.1 Å². The van der Waals surface area contributed by atoms with Crippen LogP contribution < -0.4 is 0 Å². The zero-order valence-electron chi connectivity index (χ0n) is 17.3. The second-order valence-corrected chi connectivity index (χ2v) is 8.92. The molecule has 7 nitrogen and oxygen atoms in total. The number of ether oxygens (including phenoxy) is 1. The summed E-state index contributed by atoms with van der Waals surface area (Å²) in [5.41, 5.74) is 1.34. The van der Waals surface area contributed by atoms with Crippen molar-refractivity contribution < 1.29 is 18.7 Å². The van der Waals surface area contributed by atoms with Crippen LogP contribution in [-0.4, -0.2) is 57.6 Å². The number of oxazole rings is 1. The van der Waals surface area contributed by atoms with Gasteiger partial charge >= 0.3 is 6.09 Å². The second kappa shape index (κ2) is 7.45. The highest BCUT2D eigenvalue weighted by Gasteiger charge is 2.44. The quantitative estimate of drug-likeness (QED) is 0.743. The van der Waals surface area contributed by atoms with E-state index in [1.807, 2.05) is 31.2 Å². The van der Waals surface area contributed by atoms with Gasteiger partial charge in [0.15, 0.2) is 12.2 Å². The lowest BCUT2D eigenvalue weighted by Crippen LogP contribution is -2.50. The van der Waals surface area contributed by atoms with E-state index in [2.05, 4.69) is 9.88 Å². The van der Waals surface area contributed by atoms with Gasteiger partial charge in [-0.15, -0.1) is 0 Å². The van der Waals surface area contributed by atoms with Gasteiger partial charge in [0, 0.05) is 36.3 Å². The van der Waals surface area contributed by atoms with E-state index in [-0.39, 0.29) is 23.6 Å². The summed E-state index contributed by atoms with van der Waals surface area (Å²) in [6.45, 7) is 3.26. The van der Waals surface area contributed by atoms with Crippen molar-refractivity contribution >= 4 is 12.0 Å². The Hall–Kier alpha value is -2.83. The molecule has 3 fully saturated rings. The lowest BCUT2D eigenvalue weighted by Gasteiger charge is -2.38. The van der Waals surface area contributed by atoms with Crippen LogP contribution in [0.1, 0.15) is 55.8 Å². The molecule has 0 bridgehead atoms. The van der Waals surface area contributed by atoms with E-state index in [9.17, 15) is 9.59 Å². The number of nitrogens with zero attached hydrogens (tertiary/aromatic N) is 3. The van der Waals surface area contributed by atoms with Gasteiger partial charge < -0.3 is 19.0 Å². The SMILES string of the molecule is CC1(OC(=O)N2CCC(N(C(=O)c3ccc(-c4cnco4)cc3)C3CC3)CC2)CC1. The van der Waals surface area contributed by atoms with Crippen LogP contribution in [0.4, 0.5) is 4.79 Å². The summed E-state index contributed by atoms with van der Waals surface area (Å²) in [7, 11) is 0. The number of likely N-dealkylation sites (tertiary alicyclic amines) is 1. The minimum atomic E-state index is -0.248. The Morgan fingerprint density at radius 1 is 1.10 bits per heavy atom. The number of carbonyl (C=O) groups is 2. The van der Waals surface area contributed by atoms with Crippen molar-refractivity contribution in [3.63, 3.8) is 0 Å². The van der Waals surface area contributed by atoms with Gasteiger partial charge in [0.25, 0.3) is 5.91 Å². The van der Waals surface area contributed by atoms with E-state index in [1.54, 1.807) is 11.1 Å². The molecular formula is C23H27N3O4. The van der Waals surface area contributed by atoms with Crippen LogP contribution in [0.15, 0.2) is 41.3 Å². The number of carbonyl (C=O) groups excluding carboxylic acids is 2. The average molecular weight is 409 g/mol. The summed E-state index contributed by atoms with van der Waals surface area (Å²) in [4.78, 5) is 33.5. The molecule has 0 atom stereocenters. The third-order valence-corrected chi connectivity index (χ3v) is 6.43. The molecule has 0 N–H and O–H groups in total. The number of rotatable bonds is 5. The highest BCUT2D eigenvalue weighted by Crippen LogP contribution is 2.39. The Morgan fingerprint density at radius 2 is 1.77 bits per heavy atom. The molecule has 1 aromatic carbocycles. The smallest absolute Gasteiger partial charge is 0.410 e. The van der Waals surface area contributed by atoms with E-state index < -0.39 is 0 Å². The Labute approximate surface area is 176 Å². The van der Waals surface area contributed by atoms with Gasteiger partial charge in [-0.25, -0.2) is 9.78 Å². The molecule has 1 saturated heterocycles.